The van der Waals surface area contributed by atoms with Crippen molar-refractivity contribution in [3.8, 4) is 0 Å². The second kappa shape index (κ2) is 5.55. The summed E-state index contributed by atoms with van der Waals surface area (Å²) in [4.78, 5) is 8.31. The van der Waals surface area contributed by atoms with Gasteiger partial charge in [0.05, 0.1) is 6.61 Å². The van der Waals surface area contributed by atoms with Crippen LogP contribution in [-0.4, -0.2) is 37.8 Å². The number of anilines is 1. The molecule has 18 heavy (non-hydrogen) atoms. The summed E-state index contributed by atoms with van der Waals surface area (Å²) in [6, 6.07) is 0.772. The molecule has 1 aliphatic heterocycles. The lowest BCUT2D eigenvalue weighted by molar-refractivity contribution is 0.161. The Bertz CT molecular complexity index is 391. The molecule has 1 aromatic heterocycles. The highest BCUT2D eigenvalue weighted by Crippen LogP contribution is 2.28. The number of nitrogens with one attached hydrogen (secondary N) is 1. The molecule has 2 aliphatic rings. The maximum atomic E-state index is 5.23. The summed E-state index contributed by atoms with van der Waals surface area (Å²) in [5.41, 5.74) is 0. The number of rotatable bonds is 6. The number of hydrogen-bond donors (Lipinski definition) is 1. The average Bonchev–Trinajstić information content (AvgIpc) is 2.90. The molecule has 0 bridgehead atoms. The van der Waals surface area contributed by atoms with Crippen LogP contribution >= 0.6 is 11.3 Å². The van der Waals surface area contributed by atoms with Crippen molar-refractivity contribution in [2.75, 3.05) is 31.7 Å². The minimum Gasteiger partial charge on any atom is -0.384 e. The van der Waals surface area contributed by atoms with Gasteiger partial charge in [0.15, 0.2) is 5.13 Å². The zero-order chi connectivity index (χ0) is 12.4. The molecule has 1 saturated heterocycles. The summed E-state index contributed by atoms with van der Waals surface area (Å²) in [5.74, 6) is 0.673. The highest BCUT2D eigenvalue weighted by molar-refractivity contribution is 7.15. The first kappa shape index (κ1) is 12.4. The molecule has 100 valence electrons. The summed E-state index contributed by atoms with van der Waals surface area (Å²) < 4.78 is 5.23. The van der Waals surface area contributed by atoms with Gasteiger partial charge in [0.1, 0.15) is 0 Å². The Morgan fingerprint density at radius 2 is 2.39 bits per heavy atom. The van der Waals surface area contributed by atoms with Gasteiger partial charge in [0.2, 0.25) is 0 Å². The summed E-state index contributed by atoms with van der Waals surface area (Å²) in [5, 5.41) is 4.72. The van der Waals surface area contributed by atoms with E-state index in [1.807, 2.05) is 17.5 Å². The topological polar surface area (TPSA) is 37.4 Å². The predicted molar refractivity (Wildman–Crippen MR) is 74.2 cm³/mol. The quantitative estimate of drug-likeness (QED) is 0.854. The van der Waals surface area contributed by atoms with Crippen molar-refractivity contribution in [2.45, 2.75) is 31.8 Å². The average molecular weight is 267 g/mol. The van der Waals surface area contributed by atoms with Gasteiger partial charge < -0.3 is 15.0 Å². The van der Waals surface area contributed by atoms with Crippen molar-refractivity contribution in [3.05, 3.63) is 11.1 Å². The lowest BCUT2D eigenvalue weighted by atomic mass is 10.1. The standard InChI is InChI=1S/C13H21N3OS/c1-17-9-10-4-5-16(8-10)13-15-7-12(18-13)6-14-11-2-3-11/h7,10-11,14H,2-6,8-9H2,1H3. The molecule has 4 nitrogen and oxygen atoms in total. The first-order valence-electron chi connectivity index (χ1n) is 6.77. The molecule has 2 heterocycles. The Balaban J connectivity index is 1.52. The van der Waals surface area contributed by atoms with Gasteiger partial charge >= 0.3 is 0 Å². The Morgan fingerprint density at radius 3 is 3.17 bits per heavy atom. The molecule has 0 aromatic carbocycles. The van der Waals surface area contributed by atoms with E-state index in [1.165, 1.54) is 29.3 Å². The molecule has 3 rings (SSSR count). The van der Waals surface area contributed by atoms with Crippen LogP contribution in [0.1, 0.15) is 24.1 Å². The van der Waals surface area contributed by atoms with Crippen LogP contribution in [0.2, 0.25) is 0 Å². The van der Waals surface area contributed by atoms with Crippen LogP contribution in [0.25, 0.3) is 0 Å². The molecule has 2 fully saturated rings. The van der Waals surface area contributed by atoms with Gasteiger partial charge in [-0.2, -0.15) is 0 Å². The normalized spacial score (nSPS) is 23.8. The zero-order valence-electron chi connectivity index (χ0n) is 10.9. The summed E-state index contributed by atoms with van der Waals surface area (Å²) in [6.07, 6.45) is 5.94. The van der Waals surface area contributed by atoms with Gasteiger partial charge in [0.25, 0.3) is 0 Å². The van der Waals surface area contributed by atoms with Crippen molar-refractivity contribution in [1.29, 1.82) is 0 Å². The van der Waals surface area contributed by atoms with Gasteiger partial charge in [-0.3, -0.25) is 0 Å². The molecular weight excluding hydrogens is 246 g/mol. The van der Waals surface area contributed by atoms with Crippen LogP contribution in [0.15, 0.2) is 6.20 Å². The van der Waals surface area contributed by atoms with Gasteiger partial charge in [0, 0.05) is 49.8 Å². The Kier molecular flexibility index (Phi) is 3.82. The fraction of sp³-hybridized carbons (Fsp3) is 0.769. The second-order valence-electron chi connectivity index (χ2n) is 5.32. The molecule has 1 aliphatic carbocycles. The van der Waals surface area contributed by atoms with E-state index in [-0.39, 0.29) is 0 Å². The van der Waals surface area contributed by atoms with Gasteiger partial charge in [-0.1, -0.05) is 0 Å². The van der Waals surface area contributed by atoms with E-state index in [9.17, 15) is 0 Å². The minimum atomic E-state index is 0.673. The number of aromatic nitrogens is 1. The third kappa shape index (κ3) is 3.02. The molecule has 0 radical (unpaired) electrons. The van der Waals surface area contributed by atoms with E-state index in [0.29, 0.717) is 5.92 Å². The Labute approximate surface area is 112 Å². The van der Waals surface area contributed by atoms with Gasteiger partial charge in [-0.05, 0) is 19.3 Å². The van der Waals surface area contributed by atoms with Crippen LogP contribution in [0, 0.1) is 5.92 Å². The lowest BCUT2D eigenvalue weighted by Crippen LogP contribution is -2.20. The number of ether oxygens (including phenoxy) is 1. The molecule has 0 spiro atoms. The second-order valence-corrected chi connectivity index (χ2v) is 6.41. The first-order valence-corrected chi connectivity index (χ1v) is 7.59. The number of hydrogen-bond acceptors (Lipinski definition) is 5. The van der Waals surface area contributed by atoms with Gasteiger partial charge in [-0.15, -0.1) is 11.3 Å². The molecule has 1 aromatic rings. The van der Waals surface area contributed by atoms with Crippen LogP contribution in [0.4, 0.5) is 5.13 Å². The highest BCUT2D eigenvalue weighted by Gasteiger charge is 2.25. The maximum Gasteiger partial charge on any atom is 0.185 e. The van der Waals surface area contributed by atoms with E-state index < -0.39 is 0 Å². The van der Waals surface area contributed by atoms with Crippen molar-refractivity contribution in [3.63, 3.8) is 0 Å². The lowest BCUT2D eigenvalue weighted by Gasteiger charge is -2.14. The molecular formula is C13H21N3OS. The fourth-order valence-corrected chi connectivity index (χ4v) is 3.33. The van der Waals surface area contributed by atoms with E-state index in [0.717, 1.165) is 32.3 Å². The Hall–Kier alpha value is -0.650. The first-order chi connectivity index (χ1) is 8.85. The SMILES string of the molecule is COCC1CCN(c2ncc(CNC3CC3)s2)C1. The van der Waals surface area contributed by atoms with Crippen molar-refractivity contribution < 1.29 is 4.74 Å². The third-order valence-electron chi connectivity index (χ3n) is 3.64. The van der Waals surface area contributed by atoms with Crippen LogP contribution in [0.5, 0.6) is 0 Å². The number of methoxy groups -OCH3 is 1. The summed E-state index contributed by atoms with van der Waals surface area (Å²) in [6.45, 7) is 4.07. The maximum absolute atomic E-state index is 5.23. The minimum absolute atomic E-state index is 0.673. The smallest absolute Gasteiger partial charge is 0.185 e. The van der Waals surface area contributed by atoms with Crippen LogP contribution in [0.3, 0.4) is 0 Å². The monoisotopic (exact) mass is 267 g/mol. The summed E-state index contributed by atoms with van der Waals surface area (Å²) in [7, 11) is 1.79. The predicted octanol–water partition coefficient (Wildman–Crippen LogP) is 1.87. The molecule has 5 heteroatoms. The van der Waals surface area contributed by atoms with Crippen LogP contribution in [-0.2, 0) is 11.3 Å². The van der Waals surface area contributed by atoms with E-state index in [4.69, 9.17) is 4.74 Å². The molecule has 1 atom stereocenters. The van der Waals surface area contributed by atoms with Gasteiger partial charge in [-0.25, -0.2) is 4.98 Å². The Morgan fingerprint density at radius 1 is 1.50 bits per heavy atom. The largest absolute Gasteiger partial charge is 0.384 e. The number of nitrogens with zero attached hydrogens (tertiary/aromatic N) is 2. The van der Waals surface area contributed by atoms with E-state index >= 15 is 0 Å². The van der Waals surface area contributed by atoms with E-state index in [1.54, 1.807) is 7.11 Å². The highest BCUT2D eigenvalue weighted by atomic mass is 32.1. The van der Waals surface area contributed by atoms with E-state index in [2.05, 4.69) is 15.2 Å². The molecule has 1 N–H and O–H groups in total. The van der Waals surface area contributed by atoms with Crippen molar-refractivity contribution >= 4 is 16.5 Å². The fourth-order valence-electron chi connectivity index (χ4n) is 2.44. The molecule has 1 saturated carbocycles. The number of thiazole rings is 1. The zero-order valence-corrected chi connectivity index (χ0v) is 11.7. The van der Waals surface area contributed by atoms with Crippen LogP contribution < -0.4 is 10.2 Å². The third-order valence-corrected chi connectivity index (χ3v) is 4.70. The molecule has 0 amide bonds. The van der Waals surface area contributed by atoms with Crippen molar-refractivity contribution in [2.24, 2.45) is 5.92 Å². The molecule has 1 unspecified atom stereocenters. The van der Waals surface area contributed by atoms with Crippen molar-refractivity contribution in [1.82, 2.24) is 10.3 Å². The summed E-state index contributed by atoms with van der Waals surface area (Å²) >= 11 is 1.83.